The summed E-state index contributed by atoms with van der Waals surface area (Å²) in [5, 5.41) is 11.6. The number of carbonyl (C=O) groups is 2. The number of aryl methyl sites for hydroxylation is 1. The van der Waals surface area contributed by atoms with Crippen LogP contribution in [0.25, 0.3) is 0 Å². The summed E-state index contributed by atoms with van der Waals surface area (Å²) in [6, 6.07) is 5.29. The fourth-order valence-corrected chi connectivity index (χ4v) is 1.39. The normalized spacial score (nSPS) is 9.79. The molecule has 1 rings (SSSR count). The molecule has 6 heteroatoms. The van der Waals surface area contributed by atoms with Crippen LogP contribution in [0.15, 0.2) is 18.2 Å². The summed E-state index contributed by atoms with van der Waals surface area (Å²) in [4.78, 5) is 21.4. The Kier molecular flexibility index (Phi) is 5.66. The molecular weight excluding hydrogens is 250 g/mol. The summed E-state index contributed by atoms with van der Waals surface area (Å²) >= 11 is 0. The molecule has 1 aromatic rings. The van der Waals surface area contributed by atoms with Crippen molar-refractivity contribution >= 4 is 17.6 Å². The number of carboxylic acids is 1. The van der Waals surface area contributed by atoms with Crippen molar-refractivity contribution in [3.05, 3.63) is 23.8 Å². The molecule has 0 heterocycles. The molecule has 0 bridgehead atoms. The number of carbonyl (C=O) groups excluding carboxylic acids is 1. The van der Waals surface area contributed by atoms with Gasteiger partial charge in [0, 0.05) is 18.3 Å². The second kappa shape index (κ2) is 7.25. The zero-order valence-corrected chi connectivity index (χ0v) is 10.9. The maximum atomic E-state index is 11.0. The van der Waals surface area contributed by atoms with Crippen LogP contribution in [0.5, 0.6) is 5.75 Å². The molecule has 0 fully saturated rings. The van der Waals surface area contributed by atoms with Crippen molar-refractivity contribution in [3.63, 3.8) is 0 Å². The number of esters is 1. The number of rotatable bonds is 7. The summed E-state index contributed by atoms with van der Waals surface area (Å²) in [6.07, 6.45) is 0.0344. The van der Waals surface area contributed by atoms with Crippen molar-refractivity contribution in [1.82, 2.24) is 0 Å². The Morgan fingerprint density at radius 2 is 2.11 bits per heavy atom. The van der Waals surface area contributed by atoms with Gasteiger partial charge >= 0.3 is 11.9 Å². The lowest BCUT2D eigenvalue weighted by molar-refractivity contribution is -0.143. The van der Waals surface area contributed by atoms with E-state index in [1.54, 1.807) is 12.1 Å². The van der Waals surface area contributed by atoms with Crippen molar-refractivity contribution in [2.24, 2.45) is 0 Å². The number of anilines is 1. The Morgan fingerprint density at radius 3 is 2.74 bits per heavy atom. The summed E-state index contributed by atoms with van der Waals surface area (Å²) in [5.41, 5.74) is 1.75. The van der Waals surface area contributed by atoms with Gasteiger partial charge in [-0.15, -0.1) is 0 Å². The molecule has 104 valence electrons. The Balaban J connectivity index is 2.60. The standard InChI is InChI=1S/C13H17NO5/c1-9-3-4-10(19-8-13(17)18-2)7-11(9)14-6-5-12(15)16/h3-4,7,14H,5-6,8H2,1-2H3,(H,15,16). The fraction of sp³-hybridized carbons (Fsp3) is 0.385. The topological polar surface area (TPSA) is 84.9 Å². The number of ether oxygens (including phenoxy) is 2. The Bertz CT molecular complexity index is 458. The van der Waals surface area contributed by atoms with Crippen LogP contribution in [0.2, 0.25) is 0 Å². The van der Waals surface area contributed by atoms with Gasteiger partial charge < -0.3 is 19.9 Å². The maximum absolute atomic E-state index is 11.0. The zero-order chi connectivity index (χ0) is 14.3. The van der Waals surface area contributed by atoms with Gasteiger partial charge in [-0.1, -0.05) is 6.07 Å². The minimum atomic E-state index is -0.858. The first-order valence-electron chi connectivity index (χ1n) is 5.79. The number of aliphatic carboxylic acids is 1. The molecule has 0 unspecified atom stereocenters. The second-order valence-corrected chi connectivity index (χ2v) is 3.91. The van der Waals surface area contributed by atoms with E-state index in [1.807, 2.05) is 13.0 Å². The Hall–Kier alpha value is -2.24. The highest BCUT2D eigenvalue weighted by Gasteiger charge is 2.05. The van der Waals surface area contributed by atoms with Crippen molar-refractivity contribution in [2.75, 3.05) is 25.6 Å². The van der Waals surface area contributed by atoms with Crippen molar-refractivity contribution in [2.45, 2.75) is 13.3 Å². The number of methoxy groups -OCH3 is 1. The summed E-state index contributed by atoms with van der Waals surface area (Å²) < 4.78 is 9.72. The van der Waals surface area contributed by atoms with Crippen molar-refractivity contribution in [1.29, 1.82) is 0 Å². The van der Waals surface area contributed by atoms with Gasteiger partial charge in [0.05, 0.1) is 13.5 Å². The molecule has 0 amide bonds. The van der Waals surface area contributed by atoms with Crippen LogP contribution in [0.3, 0.4) is 0 Å². The van der Waals surface area contributed by atoms with E-state index < -0.39 is 11.9 Å². The largest absolute Gasteiger partial charge is 0.482 e. The molecule has 0 radical (unpaired) electrons. The first kappa shape index (κ1) is 14.8. The van der Waals surface area contributed by atoms with Crippen LogP contribution < -0.4 is 10.1 Å². The molecule has 6 nitrogen and oxygen atoms in total. The minimum Gasteiger partial charge on any atom is -0.482 e. The van der Waals surface area contributed by atoms with Crippen LogP contribution in [-0.2, 0) is 14.3 Å². The van der Waals surface area contributed by atoms with E-state index in [0.717, 1.165) is 11.3 Å². The molecule has 0 saturated heterocycles. The van der Waals surface area contributed by atoms with Gasteiger partial charge in [0.25, 0.3) is 0 Å². The molecule has 0 aliphatic carbocycles. The SMILES string of the molecule is COC(=O)COc1ccc(C)c(NCCC(=O)O)c1. The van der Waals surface area contributed by atoms with Crippen LogP contribution in [-0.4, -0.2) is 37.3 Å². The molecule has 1 aromatic carbocycles. The third kappa shape index (κ3) is 5.29. The molecule has 0 saturated carbocycles. The smallest absolute Gasteiger partial charge is 0.343 e. The van der Waals surface area contributed by atoms with Gasteiger partial charge in [0.1, 0.15) is 5.75 Å². The highest BCUT2D eigenvalue weighted by Crippen LogP contribution is 2.22. The summed E-state index contributed by atoms with van der Waals surface area (Å²) in [6.45, 7) is 2.07. The zero-order valence-electron chi connectivity index (χ0n) is 10.9. The molecule has 2 N–H and O–H groups in total. The van der Waals surface area contributed by atoms with E-state index in [-0.39, 0.29) is 13.0 Å². The summed E-state index contributed by atoms with van der Waals surface area (Å²) in [7, 11) is 1.29. The van der Waals surface area contributed by atoms with E-state index in [0.29, 0.717) is 12.3 Å². The molecular formula is C13H17NO5. The van der Waals surface area contributed by atoms with Gasteiger partial charge in [-0.2, -0.15) is 0 Å². The first-order valence-corrected chi connectivity index (χ1v) is 5.79. The predicted octanol–water partition coefficient (Wildman–Crippen LogP) is 1.43. The average molecular weight is 267 g/mol. The number of nitrogens with one attached hydrogen (secondary N) is 1. The van der Waals surface area contributed by atoms with Crippen LogP contribution in [0, 0.1) is 6.92 Å². The van der Waals surface area contributed by atoms with E-state index in [9.17, 15) is 9.59 Å². The van der Waals surface area contributed by atoms with Crippen LogP contribution in [0.4, 0.5) is 5.69 Å². The quantitative estimate of drug-likeness (QED) is 0.727. The number of hydrogen-bond acceptors (Lipinski definition) is 5. The number of hydrogen-bond donors (Lipinski definition) is 2. The van der Waals surface area contributed by atoms with Gasteiger partial charge in [-0.05, 0) is 18.6 Å². The molecule has 0 aliphatic rings. The maximum Gasteiger partial charge on any atom is 0.343 e. The van der Waals surface area contributed by atoms with Gasteiger partial charge in [-0.25, -0.2) is 4.79 Å². The van der Waals surface area contributed by atoms with Crippen LogP contribution in [0.1, 0.15) is 12.0 Å². The van der Waals surface area contributed by atoms with Crippen LogP contribution >= 0.6 is 0 Å². The van der Waals surface area contributed by atoms with Gasteiger partial charge in [0.15, 0.2) is 6.61 Å². The third-order valence-electron chi connectivity index (χ3n) is 2.45. The lowest BCUT2D eigenvalue weighted by Gasteiger charge is -2.11. The van der Waals surface area contributed by atoms with E-state index in [1.165, 1.54) is 7.11 Å². The van der Waals surface area contributed by atoms with Gasteiger partial charge in [-0.3, -0.25) is 4.79 Å². The number of benzene rings is 1. The monoisotopic (exact) mass is 267 g/mol. The average Bonchev–Trinajstić information content (AvgIpc) is 2.38. The van der Waals surface area contributed by atoms with Crippen molar-refractivity contribution < 1.29 is 24.2 Å². The third-order valence-corrected chi connectivity index (χ3v) is 2.45. The predicted molar refractivity (Wildman–Crippen MR) is 69.4 cm³/mol. The molecule has 0 aliphatic heterocycles. The highest BCUT2D eigenvalue weighted by atomic mass is 16.6. The molecule has 0 aromatic heterocycles. The van der Waals surface area contributed by atoms with E-state index in [2.05, 4.69) is 10.1 Å². The minimum absolute atomic E-state index is 0.0344. The highest BCUT2D eigenvalue weighted by molar-refractivity contribution is 5.71. The second-order valence-electron chi connectivity index (χ2n) is 3.91. The van der Waals surface area contributed by atoms with E-state index in [4.69, 9.17) is 9.84 Å². The lowest BCUT2D eigenvalue weighted by atomic mass is 10.2. The molecule has 0 spiro atoms. The Morgan fingerprint density at radius 1 is 1.37 bits per heavy atom. The van der Waals surface area contributed by atoms with Gasteiger partial charge in [0.2, 0.25) is 0 Å². The first-order chi connectivity index (χ1) is 9.02. The fourth-order valence-electron chi connectivity index (χ4n) is 1.39. The molecule has 19 heavy (non-hydrogen) atoms. The van der Waals surface area contributed by atoms with Crippen molar-refractivity contribution in [3.8, 4) is 5.75 Å². The molecule has 0 atom stereocenters. The Labute approximate surface area is 111 Å². The summed E-state index contributed by atoms with van der Waals surface area (Å²) in [5.74, 6) is -0.793. The van der Waals surface area contributed by atoms with E-state index >= 15 is 0 Å². The number of carboxylic acid groups (broad SMARTS) is 1. The lowest BCUT2D eigenvalue weighted by Crippen LogP contribution is -2.13.